The Morgan fingerprint density at radius 1 is 0.739 bits per heavy atom. The zero-order valence-corrected chi connectivity index (χ0v) is 27.5. The summed E-state index contributed by atoms with van der Waals surface area (Å²) in [6.07, 6.45) is 0.572. The van der Waals surface area contributed by atoms with E-state index in [1.807, 2.05) is 42.5 Å². The van der Waals surface area contributed by atoms with E-state index in [0.717, 1.165) is 29.8 Å². The minimum absolute atomic E-state index is 0.234. The van der Waals surface area contributed by atoms with E-state index in [4.69, 9.17) is 42.6 Å². The fourth-order valence-electron chi connectivity index (χ4n) is 6.20. The van der Waals surface area contributed by atoms with Gasteiger partial charge in [0.05, 0.1) is 55.7 Å². The van der Waals surface area contributed by atoms with Crippen molar-refractivity contribution in [2.45, 2.75) is 38.0 Å². The highest BCUT2D eigenvalue weighted by molar-refractivity contribution is 5.73. The molecule has 0 saturated carbocycles. The molecule has 11 heteroatoms. The van der Waals surface area contributed by atoms with Crippen LogP contribution in [-0.4, -0.2) is 79.8 Å². The number of esters is 1. The predicted octanol–water partition coefficient (Wildman–Crippen LogP) is 5.25. The molecule has 0 amide bonds. The van der Waals surface area contributed by atoms with Gasteiger partial charge >= 0.3 is 5.97 Å². The lowest BCUT2D eigenvalue weighted by atomic mass is 9.92. The lowest BCUT2D eigenvalue weighted by Crippen LogP contribution is -2.40. The first kappa shape index (κ1) is 32.9. The van der Waals surface area contributed by atoms with Gasteiger partial charge in [0.2, 0.25) is 5.75 Å². The van der Waals surface area contributed by atoms with Gasteiger partial charge < -0.3 is 42.6 Å². The fourth-order valence-corrected chi connectivity index (χ4v) is 6.20. The Labute approximate surface area is 270 Å². The average Bonchev–Trinajstić information content (AvgIpc) is 3.10. The van der Waals surface area contributed by atoms with E-state index in [1.54, 1.807) is 49.8 Å². The molecule has 1 fully saturated rings. The lowest BCUT2D eigenvalue weighted by Gasteiger charge is -2.36. The van der Waals surface area contributed by atoms with Crippen molar-refractivity contribution in [3.05, 3.63) is 59.2 Å². The summed E-state index contributed by atoms with van der Waals surface area (Å²) in [5, 5.41) is 0. The van der Waals surface area contributed by atoms with Crippen LogP contribution < -0.4 is 37.9 Å². The number of methoxy groups -OCH3 is 7. The number of carbonyl (C=O) groups is 1. The zero-order chi connectivity index (χ0) is 32.8. The SMILES string of the molecule is COc1cc(OC)c2c(c1)O[C@H](c1ccc(OC)c(OC)c1)[C@H](OC(=O)C1CCN(Cc3cc(OC)c(OC)c(OC)c3)CC1)C2. The molecule has 46 heavy (non-hydrogen) atoms. The maximum atomic E-state index is 13.7. The fraction of sp³-hybridized carbons (Fsp3) is 0.457. The molecule has 2 aliphatic rings. The number of likely N-dealkylation sites (tertiary alicyclic amines) is 1. The molecule has 0 bridgehead atoms. The zero-order valence-electron chi connectivity index (χ0n) is 27.5. The summed E-state index contributed by atoms with van der Waals surface area (Å²) >= 11 is 0. The third-order valence-corrected chi connectivity index (χ3v) is 8.65. The number of rotatable bonds is 12. The molecule has 3 aromatic rings. The molecular weight excluding hydrogens is 594 g/mol. The van der Waals surface area contributed by atoms with Crippen molar-refractivity contribution in [1.29, 1.82) is 0 Å². The molecule has 3 aromatic carbocycles. The molecule has 5 rings (SSSR count). The van der Waals surface area contributed by atoms with Crippen molar-refractivity contribution < 1.29 is 47.4 Å². The smallest absolute Gasteiger partial charge is 0.309 e. The summed E-state index contributed by atoms with van der Waals surface area (Å²) < 4.78 is 51.5. The van der Waals surface area contributed by atoms with Gasteiger partial charge in [0.1, 0.15) is 23.4 Å². The summed E-state index contributed by atoms with van der Waals surface area (Å²) in [4.78, 5) is 16.0. The summed E-state index contributed by atoms with van der Waals surface area (Å²) in [6.45, 7) is 2.18. The molecular formula is C35H43NO10. The molecule has 0 radical (unpaired) electrons. The van der Waals surface area contributed by atoms with Crippen molar-refractivity contribution in [2.24, 2.45) is 5.92 Å². The Morgan fingerprint density at radius 2 is 1.39 bits per heavy atom. The predicted molar refractivity (Wildman–Crippen MR) is 170 cm³/mol. The highest BCUT2D eigenvalue weighted by Gasteiger charge is 2.38. The van der Waals surface area contributed by atoms with Gasteiger partial charge in [-0.3, -0.25) is 9.69 Å². The van der Waals surface area contributed by atoms with Crippen LogP contribution in [0.3, 0.4) is 0 Å². The number of hydrogen-bond donors (Lipinski definition) is 0. The van der Waals surface area contributed by atoms with Crippen molar-refractivity contribution in [1.82, 2.24) is 4.90 Å². The third kappa shape index (κ3) is 6.84. The Balaban J connectivity index is 1.32. The molecule has 2 atom stereocenters. The molecule has 0 N–H and O–H groups in total. The summed E-state index contributed by atoms with van der Waals surface area (Å²) in [5.41, 5.74) is 2.65. The summed E-state index contributed by atoms with van der Waals surface area (Å²) in [7, 11) is 11.2. The van der Waals surface area contributed by atoms with E-state index in [-0.39, 0.29) is 11.9 Å². The number of hydrogen-bond acceptors (Lipinski definition) is 11. The maximum Gasteiger partial charge on any atom is 0.309 e. The Bertz CT molecular complexity index is 1490. The third-order valence-electron chi connectivity index (χ3n) is 8.65. The van der Waals surface area contributed by atoms with Gasteiger partial charge in [0.25, 0.3) is 0 Å². The summed E-state index contributed by atoms with van der Waals surface area (Å²) in [5.74, 6) is 4.31. The number of carbonyl (C=O) groups excluding carboxylic acids is 1. The van der Waals surface area contributed by atoms with E-state index < -0.39 is 12.2 Å². The van der Waals surface area contributed by atoms with Crippen molar-refractivity contribution in [2.75, 3.05) is 62.9 Å². The second-order valence-electron chi connectivity index (χ2n) is 11.2. The van der Waals surface area contributed by atoms with Gasteiger partial charge in [-0.2, -0.15) is 0 Å². The van der Waals surface area contributed by atoms with Crippen LogP contribution in [0.2, 0.25) is 0 Å². The molecule has 0 spiro atoms. The van der Waals surface area contributed by atoms with Crippen molar-refractivity contribution in [3.8, 4) is 46.0 Å². The second-order valence-corrected chi connectivity index (χ2v) is 11.2. The number of nitrogens with zero attached hydrogens (tertiary/aromatic N) is 1. The van der Waals surface area contributed by atoms with Crippen LogP contribution in [0.4, 0.5) is 0 Å². The normalized spacial score (nSPS) is 18.1. The lowest BCUT2D eigenvalue weighted by molar-refractivity contribution is -0.162. The van der Waals surface area contributed by atoms with Crippen LogP contribution in [0, 0.1) is 5.92 Å². The molecule has 248 valence electrons. The first-order valence-electron chi connectivity index (χ1n) is 15.2. The van der Waals surface area contributed by atoms with E-state index in [9.17, 15) is 4.79 Å². The van der Waals surface area contributed by atoms with Gasteiger partial charge in [-0.05, 0) is 55.8 Å². The van der Waals surface area contributed by atoms with Crippen LogP contribution in [-0.2, 0) is 22.5 Å². The molecule has 0 aromatic heterocycles. The first-order chi connectivity index (χ1) is 22.3. The van der Waals surface area contributed by atoms with Crippen molar-refractivity contribution in [3.63, 3.8) is 0 Å². The first-order valence-corrected chi connectivity index (χ1v) is 15.2. The maximum absolute atomic E-state index is 13.7. The summed E-state index contributed by atoms with van der Waals surface area (Å²) in [6, 6.07) is 13.1. The van der Waals surface area contributed by atoms with E-state index in [1.165, 1.54) is 0 Å². The van der Waals surface area contributed by atoms with Gasteiger partial charge in [-0.25, -0.2) is 0 Å². The topological polar surface area (TPSA) is 103 Å². The largest absolute Gasteiger partial charge is 0.496 e. The van der Waals surface area contributed by atoms with Gasteiger partial charge in [0.15, 0.2) is 29.1 Å². The molecule has 0 aliphatic carbocycles. The highest BCUT2D eigenvalue weighted by Crippen LogP contribution is 2.45. The number of ether oxygens (including phenoxy) is 9. The van der Waals surface area contributed by atoms with Crippen LogP contribution >= 0.6 is 0 Å². The number of piperidine rings is 1. The number of fused-ring (bicyclic) bond motifs is 1. The molecule has 2 heterocycles. The molecule has 0 unspecified atom stereocenters. The molecule has 2 aliphatic heterocycles. The standard InChI is InChI=1S/C35H43NO10/c1-38-24-17-27(40-3)25-19-32(33(45-28(25)18-24)23-8-9-26(39-2)29(16-23)41-4)46-35(37)22-10-12-36(13-11-22)20-21-14-30(42-5)34(44-7)31(15-21)43-6/h8-9,14-18,22,32-33H,10-13,19-20H2,1-7H3/t32-,33-/m1/s1. The number of benzene rings is 3. The van der Waals surface area contributed by atoms with Crippen molar-refractivity contribution >= 4 is 5.97 Å². The second kappa shape index (κ2) is 14.7. The Hall–Kier alpha value is -4.51. The van der Waals surface area contributed by atoms with Crippen LogP contribution in [0.15, 0.2) is 42.5 Å². The molecule has 11 nitrogen and oxygen atoms in total. The van der Waals surface area contributed by atoms with E-state index in [2.05, 4.69) is 4.90 Å². The van der Waals surface area contributed by atoms with Crippen LogP contribution in [0.1, 0.15) is 35.6 Å². The van der Waals surface area contributed by atoms with Crippen LogP contribution in [0.5, 0.6) is 46.0 Å². The average molecular weight is 638 g/mol. The monoisotopic (exact) mass is 637 g/mol. The Morgan fingerprint density at radius 3 is 1.98 bits per heavy atom. The minimum atomic E-state index is -0.599. The highest BCUT2D eigenvalue weighted by atomic mass is 16.6. The van der Waals surface area contributed by atoms with E-state index >= 15 is 0 Å². The van der Waals surface area contributed by atoms with Gasteiger partial charge in [-0.1, -0.05) is 6.07 Å². The van der Waals surface area contributed by atoms with Crippen LogP contribution in [0.25, 0.3) is 0 Å². The van der Waals surface area contributed by atoms with Gasteiger partial charge in [0, 0.05) is 36.2 Å². The minimum Gasteiger partial charge on any atom is -0.496 e. The molecule has 1 saturated heterocycles. The van der Waals surface area contributed by atoms with Gasteiger partial charge in [-0.15, -0.1) is 0 Å². The quantitative estimate of drug-likeness (QED) is 0.244. The van der Waals surface area contributed by atoms with E-state index in [0.29, 0.717) is 71.8 Å². The Kier molecular flexibility index (Phi) is 10.5.